The summed E-state index contributed by atoms with van der Waals surface area (Å²) in [6, 6.07) is 1.16. The highest BCUT2D eigenvalue weighted by molar-refractivity contribution is 7.89. The Balaban J connectivity index is 0.00000264. The normalized spacial score (nSPS) is 18.5. The van der Waals surface area contributed by atoms with E-state index in [2.05, 4.69) is 4.74 Å². The van der Waals surface area contributed by atoms with E-state index in [9.17, 15) is 22.9 Å². The zero-order chi connectivity index (χ0) is 16.5. The van der Waals surface area contributed by atoms with Gasteiger partial charge < -0.3 is 10.5 Å². The Morgan fingerprint density at radius 3 is 2.70 bits per heavy atom. The molecule has 1 aliphatic rings. The third-order valence-corrected chi connectivity index (χ3v) is 5.53. The molecule has 11 heteroatoms. The minimum absolute atomic E-state index is 0. The quantitative estimate of drug-likeness (QED) is 0.617. The molecule has 1 aliphatic heterocycles. The van der Waals surface area contributed by atoms with Crippen LogP contribution in [-0.4, -0.2) is 43.9 Å². The SMILES string of the molecule is COc1c(F)cc(S(=O)(=O)N2CCCC2CN)cc1[N+](=O)[O-].Cl. The van der Waals surface area contributed by atoms with Gasteiger partial charge in [-0.2, -0.15) is 4.31 Å². The lowest BCUT2D eigenvalue weighted by molar-refractivity contribution is -0.386. The Morgan fingerprint density at radius 1 is 1.52 bits per heavy atom. The van der Waals surface area contributed by atoms with Crippen LogP contribution in [0.4, 0.5) is 10.1 Å². The number of nitrogens with zero attached hydrogens (tertiary/aromatic N) is 2. The molecule has 0 aromatic heterocycles. The first-order chi connectivity index (χ1) is 10.3. The number of sulfonamides is 1. The van der Waals surface area contributed by atoms with Crippen LogP contribution in [0, 0.1) is 15.9 Å². The van der Waals surface area contributed by atoms with E-state index in [1.807, 2.05) is 0 Å². The smallest absolute Gasteiger partial charge is 0.315 e. The molecule has 0 radical (unpaired) electrons. The Hall–Kier alpha value is -1.49. The monoisotopic (exact) mass is 369 g/mol. The van der Waals surface area contributed by atoms with Crippen LogP contribution in [0.15, 0.2) is 17.0 Å². The number of ether oxygens (including phenoxy) is 1. The van der Waals surface area contributed by atoms with Crippen molar-refractivity contribution in [2.75, 3.05) is 20.2 Å². The molecule has 0 amide bonds. The minimum Gasteiger partial charge on any atom is -0.488 e. The van der Waals surface area contributed by atoms with Crippen molar-refractivity contribution in [1.82, 2.24) is 4.31 Å². The molecule has 1 aromatic carbocycles. The highest BCUT2D eigenvalue weighted by atomic mass is 35.5. The molecule has 1 heterocycles. The fraction of sp³-hybridized carbons (Fsp3) is 0.500. The van der Waals surface area contributed by atoms with Crippen molar-refractivity contribution >= 4 is 28.1 Å². The number of hydrogen-bond donors (Lipinski definition) is 1. The van der Waals surface area contributed by atoms with Crippen LogP contribution >= 0.6 is 12.4 Å². The maximum absolute atomic E-state index is 13.9. The second kappa shape index (κ2) is 7.39. The van der Waals surface area contributed by atoms with Gasteiger partial charge in [0.1, 0.15) is 0 Å². The maximum Gasteiger partial charge on any atom is 0.315 e. The molecular formula is C12H17ClFN3O5S. The van der Waals surface area contributed by atoms with Gasteiger partial charge in [-0.05, 0) is 18.9 Å². The third-order valence-electron chi connectivity index (χ3n) is 3.60. The molecule has 1 saturated heterocycles. The van der Waals surface area contributed by atoms with E-state index in [1.54, 1.807) is 0 Å². The maximum atomic E-state index is 13.9. The van der Waals surface area contributed by atoms with E-state index in [1.165, 1.54) is 0 Å². The third kappa shape index (κ3) is 3.55. The molecule has 1 unspecified atom stereocenters. The average Bonchev–Trinajstić information content (AvgIpc) is 2.95. The molecule has 2 rings (SSSR count). The molecule has 0 saturated carbocycles. The topological polar surface area (TPSA) is 116 Å². The number of rotatable bonds is 5. The van der Waals surface area contributed by atoms with E-state index in [-0.39, 0.29) is 31.5 Å². The van der Waals surface area contributed by atoms with Crippen LogP contribution in [0.1, 0.15) is 12.8 Å². The van der Waals surface area contributed by atoms with Gasteiger partial charge in [0.05, 0.1) is 16.9 Å². The van der Waals surface area contributed by atoms with Crippen molar-refractivity contribution in [2.45, 2.75) is 23.8 Å². The second-order valence-electron chi connectivity index (χ2n) is 4.86. The Labute approximate surface area is 139 Å². The van der Waals surface area contributed by atoms with Gasteiger partial charge in [-0.15, -0.1) is 12.4 Å². The predicted molar refractivity (Wildman–Crippen MR) is 82.8 cm³/mol. The molecule has 1 fully saturated rings. The lowest BCUT2D eigenvalue weighted by atomic mass is 10.2. The van der Waals surface area contributed by atoms with Crippen LogP contribution < -0.4 is 10.5 Å². The van der Waals surface area contributed by atoms with Crippen LogP contribution in [-0.2, 0) is 10.0 Å². The summed E-state index contributed by atoms with van der Waals surface area (Å²) >= 11 is 0. The molecule has 2 N–H and O–H groups in total. The van der Waals surface area contributed by atoms with Gasteiger partial charge in [0.2, 0.25) is 15.8 Å². The summed E-state index contributed by atoms with van der Waals surface area (Å²) in [6.07, 6.45) is 1.25. The Bertz CT molecular complexity index is 700. The van der Waals surface area contributed by atoms with Crippen LogP contribution in [0.5, 0.6) is 5.75 Å². The van der Waals surface area contributed by atoms with Crippen molar-refractivity contribution in [3.05, 3.63) is 28.1 Å². The number of halogens is 2. The van der Waals surface area contributed by atoms with E-state index < -0.39 is 37.1 Å². The minimum atomic E-state index is -4.05. The summed E-state index contributed by atoms with van der Waals surface area (Å²) < 4.78 is 44.9. The molecule has 0 spiro atoms. The van der Waals surface area contributed by atoms with Crippen molar-refractivity contribution < 1.29 is 22.5 Å². The Kier molecular flexibility index (Phi) is 6.28. The largest absolute Gasteiger partial charge is 0.488 e. The zero-order valence-electron chi connectivity index (χ0n) is 12.3. The number of methoxy groups -OCH3 is 1. The van der Waals surface area contributed by atoms with Crippen LogP contribution in [0.3, 0.4) is 0 Å². The molecule has 0 aliphatic carbocycles. The predicted octanol–water partition coefficient (Wildman–Crippen LogP) is 1.28. The number of benzene rings is 1. The van der Waals surface area contributed by atoms with Crippen LogP contribution in [0.25, 0.3) is 0 Å². The van der Waals surface area contributed by atoms with E-state index in [0.29, 0.717) is 12.8 Å². The number of nitrogens with two attached hydrogens (primary N) is 1. The van der Waals surface area contributed by atoms with Gasteiger partial charge in [0, 0.05) is 25.2 Å². The fourth-order valence-electron chi connectivity index (χ4n) is 2.54. The van der Waals surface area contributed by atoms with Gasteiger partial charge in [-0.25, -0.2) is 12.8 Å². The molecule has 23 heavy (non-hydrogen) atoms. The lowest BCUT2D eigenvalue weighted by Gasteiger charge is -2.22. The number of hydrogen-bond acceptors (Lipinski definition) is 6. The molecular weight excluding hydrogens is 353 g/mol. The van der Waals surface area contributed by atoms with Gasteiger partial charge >= 0.3 is 5.69 Å². The van der Waals surface area contributed by atoms with Gasteiger partial charge in [0.15, 0.2) is 5.82 Å². The van der Waals surface area contributed by atoms with Crippen molar-refractivity contribution in [2.24, 2.45) is 5.73 Å². The highest BCUT2D eigenvalue weighted by Gasteiger charge is 2.36. The first kappa shape index (κ1) is 19.6. The molecule has 1 aromatic rings. The second-order valence-corrected chi connectivity index (χ2v) is 6.75. The van der Waals surface area contributed by atoms with Crippen molar-refractivity contribution in [3.8, 4) is 5.75 Å². The number of nitro benzene ring substituents is 1. The standard InChI is InChI=1S/C12H16FN3O5S.ClH/c1-21-12-10(13)5-9(6-11(12)16(17)18)22(19,20)15-4-2-3-8(15)7-14;/h5-6,8H,2-4,7,14H2,1H3;1H. The first-order valence-electron chi connectivity index (χ1n) is 6.56. The number of nitro groups is 1. The summed E-state index contributed by atoms with van der Waals surface area (Å²) in [5.41, 5.74) is 4.81. The van der Waals surface area contributed by atoms with Crippen molar-refractivity contribution in [3.63, 3.8) is 0 Å². The first-order valence-corrected chi connectivity index (χ1v) is 8.00. The summed E-state index contributed by atoms with van der Waals surface area (Å²) in [6.45, 7) is 0.394. The zero-order valence-corrected chi connectivity index (χ0v) is 13.9. The summed E-state index contributed by atoms with van der Waals surface area (Å²) in [4.78, 5) is 9.63. The van der Waals surface area contributed by atoms with Gasteiger partial charge in [-0.1, -0.05) is 0 Å². The lowest BCUT2D eigenvalue weighted by Crippen LogP contribution is -2.39. The van der Waals surface area contributed by atoms with Crippen LogP contribution in [0.2, 0.25) is 0 Å². The average molecular weight is 370 g/mol. The summed E-state index contributed by atoms with van der Waals surface area (Å²) in [7, 11) is -2.98. The van der Waals surface area contributed by atoms with E-state index in [4.69, 9.17) is 5.73 Å². The molecule has 0 bridgehead atoms. The van der Waals surface area contributed by atoms with E-state index >= 15 is 0 Å². The van der Waals surface area contributed by atoms with Gasteiger partial charge in [0.25, 0.3) is 0 Å². The van der Waals surface area contributed by atoms with E-state index in [0.717, 1.165) is 23.5 Å². The van der Waals surface area contributed by atoms with Crippen molar-refractivity contribution in [1.29, 1.82) is 0 Å². The molecule has 1 atom stereocenters. The fourth-order valence-corrected chi connectivity index (χ4v) is 4.28. The summed E-state index contributed by atoms with van der Waals surface area (Å²) in [5.74, 6) is -1.69. The highest BCUT2D eigenvalue weighted by Crippen LogP contribution is 2.35. The Morgan fingerprint density at radius 2 is 2.17 bits per heavy atom. The molecule has 8 nitrogen and oxygen atoms in total. The van der Waals surface area contributed by atoms with Gasteiger partial charge in [-0.3, -0.25) is 10.1 Å². The summed E-state index contributed by atoms with van der Waals surface area (Å²) in [5, 5.41) is 11.0. The molecule has 130 valence electrons.